The zero-order chi connectivity index (χ0) is 12.2. The first kappa shape index (κ1) is 12.8. The predicted octanol–water partition coefficient (Wildman–Crippen LogP) is 2.91. The van der Waals surface area contributed by atoms with Crippen molar-refractivity contribution in [3.8, 4) is 5.75 Å². The molecule has 90 valence electrons. The van der Waals surface area contributed by atoms with Crippen molar-refractivity contribution in [3.63, 3.8) is 0 Å². The van der Waals surface area contributed by atoms with E-state index in [1.807, 2.05) is 14.0 Å². The van der Waals surface area contributed by atoms with Crippen molar-refractivity contribution in [2.75, 3.05) is 13.7 Å². The second-order valence-corrected chi connectivity index (χ2v) is 3.48. The fourth-order valence-electron chi connectivity index (χ4n) is 1.18. The van der Waals surface area contributed by atoms with Gasteiger partial charge in [-0.25, -0.2) is 0 Å². The summed E-state index contributed by atoms with van der Waals surface area (Å²) in [6.45, 7) is 0.708. The Bertz CT molecular complexity index is 321. The molecule has 0 radical (unpaired) electrons. The van der Waals surface area contributed by atoms with Crippen molar-refractivity contribution >= 4 is 0 Å². The minimum atomic E-state index is -4.29. The van der Waals surface area contributed by atoms with Gasteiger partial charge >= 0.3 is 6.18 Å². The molecule has 0 aliphatic rings. The molecule has 0 fully saturated rings. The third-order valence-electron chi connectivity index (χ3n) is 2.22. The molecule has 0 aliphatic carbocycles. The van der Waals surface area contributed by atoms with E-state index < -0.39 is 12.8 Å². The lowest BCUT2D eigenvalue weighted by molar-refractivity contribution is -0.153. The zero-order valence-electron chi connectivity index (χ0n) is 9.14. The topological polar surface area (TPSA) is 21.3 Å². The number of alkyl halides is 3. The summed E-state index contributed by atoms with van der Waals surface area (Å²) < 4.78 is 40.2. The van der Waals surface area contributed by atoms with Gasteiger partial charge in [-0.3, -0.25) is 0 Å². The van der Waals surface area contributed by atoms with Crippen molar-refractivity contribution in [1.82, 2.24) is 5.32 Å². The number of hydrogen-bond donors (Lipinski definition) is 1. The molecule has 1 N–H and O–H groups in total. The van der Waals surface area contributed by atoms with Crippen molar-refractivity contribution in [3.05, 3.63) is 29.8 Å². The van der Waals surface area contributed by atoms with Gasteiger partial charge in [0.2, 0.25) is 0 Å². The second kappa shape index (κ2) is 5.21. The molecule has 0 saturated carbocycles. The average Bonchev–Trinajstić information content (AvgIpc) is 2.25. The summed E-state index contributed by atoms with van der Waals surface area (Å²) >= 11 is 0. The van der Waals surface area contributed by atoms with Gasteiger partial charge in [-0.15, -0.1) is 0 Å². The number of halogens is 3. The fraction of sp³-hybridized carbons (Fsp3) is 0.455. The van der Waals surface area contributed by atoms with Crippen molar-refractivity contribution in [2.45, 2.75) is 19.1 Å². The standard InChI is InChI=1S/C11H14F3NO/c1-8(15-2)9-3-5-10(6-4-9)16-7-11(12,13)14/h3-6,8,15H,7H2,1-2H3. The van der Waals surface area contributed by atoms with Crippen molar-refractivity contribution < 1.29 is 17.9 Å². The first-order valence-electron chi connectivity index (χ1n) is 4.89. The van der Waals surface area contributed by atoms with Crippen LogP contribution >= 0.6 is 0 Å². The Labute approximate surface area is 92.4 Å². The molecule has 1 aromatic carbocycles. The Balaban J connectivity index is 2.58. The summed E-state index contributed by atoms with van der Waals surface area (Å²) in [5.74, 6) is 0.226. The van der Waals surface area contributed by atoms with Crippen LogP contribution in [0.5, 0.6) is 5.75 Å². The molecule has 0 saturated heterocycles. The van der Waals surface area contributed by atoms with Crippen LogP contribution in [0.3, 0.4) is 0 Å². The molecule has 16 heavy (non-hydrogen) atoms. The fourth-order valence-corrected chi connectivity index (χ4v) is 1.18. The molecule has 0 aromatic heterocycles. The molecular weight excluding hydrogens is 219 g/mol. The quantitative estimate of drug-likeness (QED) is 0.863. The van der Waals surface area contributed by atoms with Gasteiger partial charge in [-0.05, 0) is 31.7 Å². The minimum Gasteiger partial charge on any atom is -0.484 e. The maximum Gasteiger partial charge on any atom is 0.422 e. The molecule has 0 heterocycles. The molecule has 0 amide bonds. The summed E-state index contributed by atoms with van der Waals surface area (Å²) in [7, 11) is 1.82. The smallest absolute Gasteiger partial charge is 0.422 e. The van der Waals surface area contributed by atoms with Crippen molar-refractivity contribution in [1.29, 1.82) is 0 Å². The molecule has 2 nitrogen and oxygen atoms in total. The zero-order valence-corrected chi connectivity index (χ0v) is 9.14. The maximum absolute atomic E-state index is 11.9. The molecule has 5 heteroatoms. The highest BCUT2D eigenvalue weighted by atomic mass is 19.4. The third kappa shape index (κ3) is 4.10. The Morgan fingerprint density at radius 1 is 1.25 bits per heavy atom. The Kier molecular flexibility index (Phi) is 4.18. The number of hydrogen-bond acceptors (Lipinski definition) is 2. The Morgan fingerprint density at radius 2 is 1.81 bits per heavy atom. The van der Waals surface area contributed by atoms with Crippen LogP contribution in [0.1, 0.15) is 18.5 Å². The number of ether oxygens (including phenoxy) is 1. The number of benzene rings is 1. The molecule has 1 aromatic rings. The lowest BCUT2D eigenvalue weighted by Gasteiger charge is -2.12. The second-order valence-electron chi connectivity index (χ2n) is 3.48. The van der Waals surface area contributed by atoms with Crippen LogP contribution in [0.15, 0.2) is 24.3 Å². The first-order chi connectivity index (χ1) is 7.42. The monoisotopic (exact) mass is 233 g/mol. The van der Waals surface area contributed by atoms with Crippen LogP contribution in [-0.2, 0) is 0 Å². The lowest BCUT2D eigenvalue weighted by atomic mass is 10.1. The van der Waals surface area contributed by atoms with Gasteiger partial charge in [0.15, 0.2) is 6.61 Å². The summed E-state index contributed by atoms with van der Waals surface area (Å²) in [6, 6.07) is 6.72. The van der Waals surface area contributed by atoms with E-state index >= 15 is 0 Å². The highest BCUT2D eigenvalue weighted by Crippen LogP contribution is 2.20. The van der Waals surface area contributed by atoms with Gasteiger partial charge in [0, 0.05) is 6.04 Å². The highest BCUT2D eigenvalue weighted by Gasteiger charge is 2.28. The van der Waals surface area contributed by atoms with Gasteiger partial charge in [-0.1, -0.05) is 12.1 Å². The van der Waals surface area contributed by atoms with E-state index in [0.29, 0.717) is 0 Å². The minimum absolute atomic E-state index is 0.164. The molecule has 0 bridgehead atoms. The molecule has 1 atom stereocenters. The SMILES string of the molecule is CNC(C)c1ccc(OCC(F)(F)F)cc1. The Hall–Kier alpha value is -1.23. The highest BCUT2D eigenvalue weighted by molar-refractivity contribution is 5.28. The van der Waals surface area contributed by atoms with Crippen LogP contribution in [0.25, 0.3) is 0 Å². The van der Waals surface area contributed by atoms with Gasteiger partial charge in [0.1, 0.15) is 5.75 Å². The van der Waals surface area contributed by atoms with Crippen LogP contribution < -0.4 is 10.1 Å². The van der Waals surface area contributed by atoms with E-state index in [2.05, 4.69) is 10.1 Å². The summed E-state index contributed by atoms with van der Waals surface area (Å²) in [6.07, 6.45) is -4.29. The summed E-state index contributed by atoms with van der Waals surface area (Å²) in [5.41, 5.74) is 1.00. The largest absolute Gasteiger partial charge is 0.484 e. The van der Waals surface area contributed by atoms with E-state index in [9.17, 15) is 13.2 Å². The van der Waals surface area contributed by atoms with Gasteiger partial charge in [0.25, 0.3) is 0 Å². The number of rotatable bonds is 4. The normalized spacial score (nSPS) is 13.6. The molecule has 1 rings (SSSR count). The van der Waals surface area contributed by atoms with E-state index in [-0.39, 0.29) is 11.8 Å². The summed E-state index contributed by atoms with van der Waals surface area (Å²) in [5, 5.41) is 3.04. The molecule has 1 unspecified atom stereocenters. The average molecular weight is 233 g/mol. The summed E-state index contributed by atoms with van der Waals surface area (Å²) in [4.78, 5) is 0. The Morgan fingerprint density at radius 3 is 2.25 bits per heavy atom. The van der Waals surface area contributed by atoms with Gasteiger partial charge in [-0.2, -0.15) is 13.2 Å². The van der Waals surface area contributed by atoms with E-state index in [0.717, 1.165) is 5.56 Å². The van der Waals surface area contributed by atoms with Crippen LogP contribution in [-0.4, -0.2) is 19.8 Å². The molecule has 0 spiro atoms. The maximum atomic E-state index is 11.9. The van der Waals surface area contributed by atoms with Gasteiger partial charge in [0.05, 0.1) is 0 Å². The molecular formula is C11H14F3NO. The van der Waals surface area contributed by atoms with E-state index in [1.165, 1.54) is 12.1 Å². The van der Waals surface area contributed by atoms with E-state index in [1.54, 1.807) is 12.1 Å². The van der Waals surface area contributed by atoms with Crippen LogP contribution in [0, 0.1) is 0 Å². The predicted molar refractivity (Wildman–Crippen MR) is 55.5 cm³/mol. The van der Waals surface area contributed by atoms with E-state index in [4.69, 9.17) is 0 Å². The first-order valence-corrected chi connectivity index (χ1v) is 4.89. The van der Waals surface area contributed by atoms with Gasteiger partial charge < -0.3 is 10.1 Å². The lowest BCUT2D eigenvalue weighted by Crippen LogP contribution is -2.19. The third-order valence-corrected chi connectivity index (χ3v) is 2.22. The number of nitrogens with one attached hydrogen (secondary N) is 1. The van der Waals surface area contributed by atoms with Crippen molar-refractivity contribution in [2.24, 2.45) is 0 Å². The van der Waals surface area contributed by atoms with Crippen LogP contribution in [0.4, 0.5) is 13.2 Å². The molecule has 0 aliphatic heterocycles. The van der Waals surface area contributed by atoms with Crippen LogP contribution in [0.2, 0.25) is 0 Å².